The minimum absolute atomic E-state index is 0.227. The minimum atomic E-state index is -0.664. The second-order valence-corrected chi connectivity index (χ2v) is 7.42. The molecule has 0 saturated heterocycles. The molecule has 0 bridgehead atoms. The van der Waals surface area contributed by atoms with Crippen molar-refractivity contribution in [3.63, 3.8) is 0 Å². The third kappa shape index (κ3) is 5.35. The number of aromatic nitrogens is 1. The highest BCUT2D eigenvalue weighted by atomic mass is 16.5. The Labute approximate surface area is 191 Å². The van der Waals surface area contributed by atoms with Crippen molar-refractivity contribution in [3.8, 4) is 5.69 Å². The Bertz CT molecular complexity index is 1220. The van der Waals surface area contributed by atoms with Gasteiger partial charge in [-0.25, -0.2) is 9.59 Å². The molecule has 0 radical (unpaired) electrons. The lowest BCUT2D eigenvalue weighted by molar-refractivity contribution is -0.114. The molecule has 2 aromatic carbocycles. The topological polar surface area (TPSA) is 104 Å². The van der Waals surface area contributed by atoms with Crippen LogP contribution in [0.2, 0.25) is 0 Å². The zero-order valence-corrected chi connectivity index (χ0v) is 18.8. The van der Waals surface area contributed by atoms with Crippen molar-refractivity contribution in [2.45, 2.75) is 20.8 Å². The lowest BCUT2D eigenvalue weighted by atomic mass is 10.1. The van der Waals surface area contributed by atoms with Crippen LogP contribution < -0.4 is 5.32 Å². The number of anilines is 1. The molecule has 0 unspecified atom stereocenters. The Kier molecular flexibility index (Phi) is 7.07. The number of rotatable bonds is 7. The summed E-state index contributed by atoms with van der Waals surface area (Å²) in [6.45, 7) is 4.60. The number of Topliss-reactive ketones (excluding diaryl/α,β-unsaturated/α-hetero) is 1. The number of benzene rings is 2. The Morgan fingerprint density at radius 2 is 1.61 bits per heavy atom. The fourth-order valence-electron chi connectivity index (χ4n) is 3.53. The van der Waals surface area contributed by atoms with Gasteiger partial charge in [0, 0.05) is 35.2 Å². The first-order chi connectivity index (χ1) is 15.7. The van der Waals surface area contributed by atoms with Crippen LogP contribution >= 0.6 is 0 Å². The molecule has 3 aromatic rings. The SMILES string of the molecule is COC(=O)c1ccc(-n2c(C)cc(C(=O)COC(=O)c3cccc(NC(C)=O)c3)c2C)cc1. The highest BCUT2D eigenvalue weighted by Gasteiger charge is 2.19. The van der Waals surface area contributed by atoms with Gasteiger partial charge in [-0.2, -0.15) is 0 Å². The van der Waals surface area contributed by atoms with Crippen molar-refractivity contribution in [1.29, 1.82) is 0 Å². The zero-order valence-electron chi connectivity index (χ0n) is 18.8. The molecule has 0 spiro atoms. The van der Waals surface area contributed by atoms with E-state index in [-0.39, 0.29) is 17.3 Å². The normalized spacial score (nSPS) is 10.4. The largest absolute Gasteiger partial charge is 0.465 e. The molecule has 170 valence electrons. The van der Waals surface area contributed by atoms with Gasteiger partial charge in [-0.15, -0.1) is 0 Å². The molecule has 3 rings (SSSR count). The number of carbonyl (C=O) groups is 4. The number of carbonyl (C=O) groups excluding carboxylic acids is 4. The summed E-state index contributed by atoms with van der Waals surface area (Å²) in [5.41, 5.74) is 3.83. The zero-order chi connectivity index (χ0) is 24.1. The number of ketones is 1. The van der Waals surface area contributed by atoms with Crippen LogP contribution in [0.25, 0.3) is 5.69 Å². The van der Waals surface area contributed by atoms with Gasteiger partial charge < -0.3 is 19.4 Å². The molecule has 0 fully saturated rings. The van der Waals surface area contributed by atoms with Crippen LogP contribution in [0.1, 0.15) is 49.4 Å². The van der Waals surface area contributed by atoms with Gasteiger partial charge in [-0.1, -0.05) is 6.07 Å². The lowest BCUT2D eigenvalue weighted by Crippen LogP contribution is -2.15. The Hall–Kier alpha value is -4.20. The molecule has 0 aliphatic rings. The van der Waals surface area contributed by atoms with E-state index in [1.54, 1.807) is 55.5 Å². The summed E-state index contributed by atoms with van der Waals surface area (Å²) < 4.78 is 11.8. The van der Waals surface area contributed by atoms with E-state index in [4.69, 9.17) is 9.47 Å². The number of nitrogens with zero attached hydrogens (tertiary/aromatic N) is 1. The smallest absolute Gasteiger partial charge is 0.338 e. The van der Waals surface area contributed by atoms with Crippen LogP contribution in [0.15, 0.2) is 54.6 Å². The second kappa shape index (κ2) is 9.95. The molecule has 0 aliphatic heterocycles. The number of amides is 1. The van der Waals surface area contributed by atoms with Crippen molar-refractivity contribution < 1.29 is 28.7 Å². The van der Waals surface area contributed by atoms with E-state index in [1.165, 1.54) is 20.1 Å². The van der Waals surface area contributed by atoms with Gasteiger partial charge in [0.2, 0.25) is 11.7 Å². The maximum absolute atomic E-state index is 12.8. The van der Waals surface area contributed by atoms with Gasteiger partial charge in [0.1, 0.15) is 0 Å². The highest BCUT2D eigenvalue weighted by molar-refractivity contribution is 6.01. The van der Waals surface area contributed by atoms with Gasteiger partial charge in [-0.3, -0.25) is 9.59 Å². The summed E-state index contributed by atoms with van der Waals surface area (Å²) in [7, 11) is 1.32. The minimum Gasteiger partial charge on any atom is -0.465 e. The van der Waals surface area contributed by atoms with E-state index in [2.05, 4.69) is 5.32 Å². The van der Waals surface area contributed by atoms with Crippen LogP contribution in [-0.2, 0) is 14.3 Å². The molecule has 1 N–H and O–H groups in total. The van der Waals surface area contributed by atoms with Crippen LogP contribution in [0.3, 0.4) is 0 Å². The second-order valence-electron chi connectivity index (χ2n) is 7.42. The number of esters is 2. The third-order valence-electron chi connectivity index (χ3n) is 5.03. The van der Waals surface area contributed by atoms with Gasteiger partial charge >= 0.3 is 11.9 Å². The lowest BCUT2D eigenvalue weighted by Gasteiger charge is -2.11. The Morgan fingerprint density at radius 1 is 0.909 bits per heavy atom. The summed E-state index contributed by atoms with van der Waals surface area (Å²) in [4.78, 5) is 48.0. The van der Waals surface area contributed by atoms with Gasteiger partial charge in [0.05, 0.1) is 18.2 Å². The maximum atomic E-state index is 12.8. The first-order valence-electron chi connectivity index (χ1n) is 10.2. The molecule has 1 heterocycles. The number of nitrogens with one attached hydrogen (secondary N) is 1. The number of ether oxygens (including phenoxy) is 2. The van der Waals surface area contributed by atoms with Crippen molar-refractivity contribution in [3.05, 3.63) is 82.7 Å². The van der Waals surface area contributed by atoms with E-state index in [0.717, 1.165) is 11.4 Å². The predicted molar refractivity (Wildman–Crippen MR) is 122 cm³/mol. The van der Waals surface area contributed by atoms with Crippen LogP contribution in [-0.4, -0.2) is 41.9 Å². The molecule has 1 aromatic heterocycles. The van der Waals surface area contributed by atoms with E-state index in [0.29, 0.717) is 22.5 Å². The quantitative estimate of drug-likeness (QED) is 0.435. The van der Waals surface area contributed by atoms with Crippen molar-refractivity contribution >= 4 is 29.3 Å². The molecule has 0 saturated carbocycles. The molecule has 33 heavy (non-hydrogen) atoms. The fraction of sp³-hybridized carbons (Fsp3) is 0.200. The Morgan fingerprint density at radius 3 is 2.24 bits per heavy atom. The monoisotopic (exact) mass is 448 g/mol. The first kappa shape index (κ1) is 23.5. The Balaban J connectivity index is 1.73. The molecule has 0 atom stereocenters. The number of hydrogen-bond acceptors (Lipinski definition) is 6. The van der Waals surface area contributed by atoms with Crippen LogP contribution in [0, 0.1) is 13.8 Å². The van der Waals surface area contributed by atoms with Gasteiger partial charge in [0.25, 0.3) is 0 Å². The summed E-state index contributed by atoms with van der Waals surface area (Å²) in [6, 6.07) is 14.9. The maximum Gasteiger partial charge on any atom is 0.338 e. The average molecular weight is 448 g/mol. The summed E-state index contributed by atoms with van der Waals surface area (Å²) in [5, 5.41) is 2.59. The third-order valence-corrected chi connectivity index (χ3v) is 5.03. The van der Waals surface area contributed by atoms with E-state index in [1.807, 2.05) is 11.5 Å². The molecule has 8 nitrogen and oxygen atoms in total. The number of methoxy groups -OCH3 is 1. The fourth-order valence-corrected chi connectivity index (χ4v) is 3.53. The molecule has 8 heteroatoms. The molecular weight excluding hydrogens is 424 g/mol. The van der Waals surface area contributed by atoms with Crippen LogP contribution in [0.5, 0.6) is 0 Å². The number of hydrogen-bond donors (Lipinski definition) is 1. The van der Waals surface area contributed by atoms with Crippen molar-refractivity contribution in [2.24, 2.45) is 0 Å². The summed E-state index contributed by atoms with van der Waals surface area (Å²) in [6.07, 6.45) is 0. The van der Waals surface area contributed by atoms with Crippen molar-refractivity contribution in [2.75, 3.05) is 19.0 Å². The first-order valence-corrected chi connectivity index (χ1v) is 10.2. The van der Waals surface area contributed by atoms with E-state index < -0.39 is 18.5 Å². The van der Waals surface area contributed by atoms with Crippen molar-refractivity contribution in [1.82, 2.24) is 4.57 Å². The van der Waals surface area contributed by atoms with Gasteiger partial charge in [0.15, 0.2) is 6.61 Å². The van der Waals surface area contributed by atoms with E-state index in [9.17, 15) is 19.2 Å². The predicted octanol–water partition coefficient (Wildman–Crippen LogP) is 3.88. The van der Waals surface area contributed by atoms with E-state index >= 15 is 0 Å². The average Bonchev–Trinajstić information content (AvgIpc) is 3.10. The molecule has 0 aliphatic carbocycles. The standard InChI is InChI=1S/C25H24N2O6/c1-15-12-22(16(2)27(15)21-10-8-18(9-11-21)24(30)32-4)23(29)14-33-25(31)19-6-5-7-20(13-19)26-17(3)28/h5-13H,14H2,1-4H3,(H,26,28). The summed E-state index contributed by atoms with van der Waals surface area (Å²) >= 11 is 0. The van der Waals surface area contributed by atoms with Crippen LogP contribution in [0.4, 0.5) is 5.69 Å². The van der Waals surface area contributed by atoms with Gasteiger partial charge in [-0.05, 0) is 62.4 Å². The number of aryl methyl sites for hydroxylation is 1. The highest BCUT2D eigenvalue weighted by Crippen LogP contribution is 2.22. The molecular formula is C25H24N2O6. The summed E-state index contributed by atoms with van der Waals surface area (Å²) in [5.74, 6) is -1.69. The molecule has 1 amide bonds.